The molecule has 0 spiro atoms. The van der Waals surface area contributed by atoms with Gasteiger partial charge in [0.1, 0.15) is 35.1 Å². The average Bonchev–Trinajstić information content (AvgIpc) is 3.63. The summed E-state index contributed by atoms with van der Waals surface area (Å²) >= 11 is 6.42. The summed E-state index contributed by atoms with van der Waals surface area (Å²) in [5, 5.41) is 2.43. The van der Waals surface area contributed by atoms with Crippen LogP contribution in [0.3, 0.4) is 0 Å². The van der Waals surface area contributed by atoms with Gasteiger partial charge in [0.2, 0.25) is 0 Å². The quantitative estimate of drug-likeness (QED) is 0.321. The van der Waals surface area contributed by atoms with E-state index in [1.54, 1.807) is 4.90 Å². The number of nitrogens with zero attached hydrogens (tertiary/aromatic N) is 5. The number of nitrogen functional groups attached to an aromatic ring is 1. The molecule has 0 saturated carbocycles. The van der Waals surface area contributed by atoms with E-state index in [4.69, 9.17) is 22.1 Å². The van der Waals surface area contributed by atoms with Crippen LogP contribution in [-0.2, 0) is 6.18 Å². The molecule has 242 valence electrons. The molecule has 3 aromatic rings. The fourth-order valence-electron chi connectivity index (χ4n) is 7.64. The molecule has 1 unspecified atom stereocenters. The molecule has 0 aliphatic carbocycles. The van der Waals surface area contributed by atoms with Gasteiger partial charge in [-0.3, -0.25) is 4.90 Å². The summed E-state index contributed by atoms with van der Waals surface area (Å²) in [7, 11) is 0. The third-order valence-electron chi connectivity index (χ3n) is 9.70. The molecule has 8 nitrogen and oxygen atoms in total. The Morgan fingerprint density at radius 1 is 1.09 bits per heavy atom. The number of aromatic nitrogens is 3. The van der Waals surface area contributed by atoms with Crippen LogP contribution in [0.5, 0.6) is 6.01 Å². The summed E-state index contributed by atoms with van der Waals surface area (Å²) in [5.41, 5.74) is -0.532. The number of nitrogens with two attached hydrogens (primary N) is 1. The van der Waals surface area contributed by atoms with Crippen LogP contribution < -0.4 is 20.7 Å². The fourth-order valence-corrected chi connectivity index (χ4v) is 7.92. The second-order valence-corrected chi connectivity index (χ2v) is 12.9. The molecule has 1 aromatic carbocycles. The first kappa shape index (κ1) is 30.5. The molecule has 3 N–H and O–H groups in total. The van der Waals surface area contributed by atoms with E-state index >= 15 is 4.39 Å². The van der Waals surface area contributed by atoms with Gasteiger partial charge in [-0.05, 0) is 57.7 Å². The predicted octanol–water partition coefficient (Wildman–Crippen LogP) is 5.81. The number of nitrogens with one attached hydrogen (secondary N) is 1. The predicted molar refractivity (Wildman–Crippen MR) is 152 cm³/mol. The van der Waals surface area contributed by atoms with E-state index in [1.165, 1.54) is 0 Å². The van der Waals surface area contributed by atoms with Crippen molar-refractivity contribution >= 4 is 34.1 Å². The fraction of sp³-hybridized carbons (Fsp3) is 0.552. The molecule has 2 atom stereocenters. The lowest BCUT2D eigenvalue weighted by atomic mass is 9.95. The van der Waals surface area contributed by atoms with Crippen molar-refractivity contribution in [3.63, 3.8) is 0 Å². The molecule has 6 heterocycles. The van der Waals surface area contributed by atoms with E-state index < -0.39 is 63.0 Å². The summed E-state index contributed by atoms with van der Waals surface area (Å²) in [4.78, 5) is 16.4. The van der Waals surface area contributed by atoms with E-state index in [0.717, 1.165) is 44.8 Å². The zero-order chi connectivity index (χ0) is 31.9. The number of halogens is 8. The first-order valence-electron chi connectivity index (χ1n) is 14.7. The molecule has 2 bridgehead atoms. The Bertz CT molecular complexity index is 1660. The molecule has 0 radical (unpaired) electrons. The maximum Gasteiger partial charge on any atom is 0.421 e. The number of benzene rings is 1. The Hall–Kier alpha value is -3.17. The number of fused-ring (bicyclic) bond motifs is 4. The van der Waals surface area contributed by atoms with E-state index in [0.29, 0.717) is 12.5 Å². The van der Waals surface area contributed by atoms with Crippen molar-refractivity contribution in [3.8, 4) is 17.3 Å². The van der Waals surface area contributed by atoms with Gasteiger partial charge < -0.3 is 20.7 Å². The van der Waals surface area contributed by atoms with Crippen LogP contribution in [0.25, 0.3) is 22.2 Å². The zero-order valence-electron chi connectivity index (χ0n) is 23.8. The summed E-state index contributed by atoms with van der Waals surface area (Å²) < 4.78 is 108. The van der Waals surface area contributed by atoms with Crippen molar-refractivity contribution in [1.82, 2.24) is 25.2 Å². The maximum atomic E-state index is 16.5. The normalized spacial score (nSPS) is 24.6. The zero-order valence-corrected chi connectivity index (χ0v) is 24.6. The van der Waals surface area contributed by atoms with Crippen LogP contribution in [0.4, 0.5) is 42.4 Å². The molecule has 45 heavy (non-hydrogen) atoms. The van der Waals surface area contributed by atoms with Gasteiger partial charge in [-0.1, -0.05) is 11.6 Å². The van der Waals surface area contributed by atoms with Crippen LogP contribution in [0.15, 0.2) is 12.1 Å². The minimum Gasteiger partial charge on any atom is -0.461 e. The van der Waals surface area contributed by atoms with Crippen LogP contribution in [0.2, 0.25) is 5.02 Å². The van der Waals surface area contributed by atoms with Gasteiger partial charge in [0.15, 0.2) is 5.82 Å². The minimum atomic E-state index is -5.27. The Labute approximate surface area is 258 Å². The van der Waals surface area contributed by atoms with Crippen molar-refractivity contribution < 1.29 is 35.5 Å². The smallest absolute Gasteiger partial charge is 0.421 e. The van der Waals surface area contributed by atoms with E-state index in [-0.39, 0.29) is 54.9 Å². The first-order chi connectivity index (χ1) is 21.3. The molecule has 0 amide bonds. The number of alkyl halides is 5. The summed E-state index contributed by atoms with van der Waals surface area (Å²) in [6, 6.07) is 0.958. The molecule has 4 saturated heterocycles. The number of hydrogen-bond acceptors (Lipinski definition) is 8. The van der Waals surface area contributed by atoms with Gasteiger partial charge in [-0.2, -0.15) is 23.1 Å². The highest BCUT2D eigenvalue weighted by molar-refractivity contribution is 6.34. The largest absolute Gasteiger partial charge is 0.461 e. The molecule has 4 aliphatic heterocycles. The molecule has 4 fully saturated rings. The summed E-state index contributed by atoms with van der Waals surface area (Å²) in [6.45, 7) is 2.08. The van der Waals surface area contributed by atoms with Crippen molar-refractivity contribution in [1.29, 1.82) is 0 Å². The Kier molecular flexibility index (Phi) is 7.24. The van der Waals surface area contributed by atoms with Gasteiger partial charge in [0, 0.05) is 30.6 Å². The lowest BCUT2D eigenvalue weighted by Crippen LogP contribution is -2.63. The summed E-state index contributed by atoms with van der Waals surface area (Å²) in [5.74, 6) is -3.66. The van der Waals surface area contributed by atoms with Gasteiger partial charge >= 0.3 is 12.2 Å². The maximum absolute atomic E-state index is 16.5. The van der Waals surface area contributed by atoms with Crippen molar-refractivity contribution in [2.24, 2.45) is 0 Å². The lowest BCUT2D eigenvalue weighted by Gasteiger charge is -2.41. The summed E-state index contributed by atoms with van der Waals surface area (Å²) in [6.07, 6.45) is -3.57. The van der Waals surface area contributed by atoms with E-state index in [9.17, 15) is 26.3 Å². The Balaban J connectivity index is 1.40. The van der Waals surface area contributed by atoms with Crippen LogP contribution in [-0.4, -0.2) is 76.2 Å². The number of pyridine rings is 1. The van der Waals surface area contributed by atoms with Gasteiger partial charge in [0.05, 0.1) is 27.4 Å². The third-order valence-corrected chi connectivity index (χ3v) is 9.99. The van der Waals surface area contributed by atoms with Crippen LogP contribution in [0.1, 0.15) is 44.1 Å². The Morgan fingerprint density at radius 2 is 1.82 bits per heavy atom. The van der Waals surface area contributed by atoms with Crippen LogP contribution >= 0.6 is 11.6 Å². The van der Waals surface area contributed by atoms with Gasteiger partial charge in [-0.25, -0.2) is 22.5 Å². The highest BCUT2D eigenvalue weighted by atomic mass is 35.5. The number of rotatable bonds is 6. The second kappa shape index (κ2) is 10.7. The number of hydrogen-bond donors (Lipinski definition) is 2. The molecule has 16 heteroatoms. The van der Waals surface area contributed by atoms with Gasteiger partial charge in [0.25, 0.3) is 6.43 Å². The molecule has 2 aromatic heterocycles. The Morgan fingerprint density at radius 3 is 2.51 bits per heavy atom. The third kappa shape index (κ3) is 5.01. The van der Waals surface area contributed by atoms with E-state index in [1.807, 2.05) is 0 Å². The van der Waals surface area contributed by atoms with Crippen molar-refractivity contribution in [2.75, 3.05) is 43.4 Å². The highest BCUT2D eigenvalue weighted by Crippen LogP contribution is 2.46. The molecular formula is C29H29ClF7N7O. The minimum absolute atomic E-state index is 0.0289. The number of anilines is 2. The first-order valence-corrected chi connectivity index (χ1v) is 15.1. The number of ether oxygens (including phenoxy) is 1. The van der Waals surface area contributed by atoms with Crippen LogP contribution in [0, 0.1) is 11.6 Å². The molecule has 7 rings (SSSR count). The topological polar surface area (TPSA) is 92.4 Å². The molecule has 4 aliphatic rings. The standard InChI is InChI=1S/C29H29ClF7N7O/c30-16-9-15-22(21(32)19(16)23-20(29(35,36)37)17(31)10-18(38)39-23)40-26(45-13-27-4-1-7-44(27)8-2-5-27)41-24(15)43-11-14-3-6-28(12-43,42-14)25(33)34/h9-10,14,25,42H,1-8,11-13H2,(H2,38,39)/t14-,28?/m1/s1. The van der Waals surface area contributed by atoms with E-state index in [2.05, 4.69) is 25.2 Å². The lowest BCUT2D eigenvalue weighted by molar-refractivity contribution is -0.139. The molecular weight excluding hydrogens is 631 g/mol. The van der Waals surface area contributed by atoms with Gasteiger partial charge in [-0.15, -0.1) is 0 Å². The second-order valence-electron chi connectivity index (χ2n) is 12.4. The number of piperazine rings is 1. The van der Waals surface area contributed by atoms with Crippen molar-refractivity contribution in [3.05, 3.63) is 34.4 Å². The highest BCUT2D eigenvalue weighted by Gasteiger charge is 2.51. The average molecular weight is 660 g/mol. The monoisotopic (exact) mass is 659 g/mol. The van der Waals surface area contributed by atoms with Crippen molar-refractivity contribution in [2.45, 2.75) is 68.2 Å². The SMILES string of the molecule is Nc1cc(F)c(C(F)(F)F)c(-c2c(Cl)cc3c(N4C[C@H]5CCC(C(F)F)(C4)N5)nc(OCC45CCCN4CCC5)nc3c2F)n1.